The predicted octanol–water partition coefficient (Wildman–Crippen LogP) is 3.44. The Balaban J connectivity index is 2.17. The van der Waals surface area contributed by atoms with E-state index < -0.39 is 0 Å². The molecule has 1 heterocycles. The summed E-state index contributed by atoms with van der Waals surface area (Å²) in [6.07, 6.45) is 1.08. The average molecular weight is 285 g/mol. The van der Waals surface area contributed by atoms with Crippen LogP contribution in [0.2, 0.25) is 5.02 Å². The number of hydrogen-bond acceptors (Lipinski definition) is 2. The molecule has 0 saturated carbocycles. The van der Waals surface area contributed by atoms with Gasteiger partial charge in [0.15, 0.2) is 0 Å². The standard InChI is InChI=1S/C15H22ClFN2/c1-4-12-8-18-15(2,3)10-19(12)9-11-6-5-7-13(17)14(11)16/h5-7,12,18H,4,8-10H2,1-3H3. The van der Waals surface area contributed by atoms with Crippen LogP contribution in [0.1, 0.15) is 32.8 Å². The molecule has 4 heteroatoms. The van der Waals surface area contributed by atoms with E-state index >= 15 is 0 Å². The Kier molecular flexibility index (Phi) is 4.49. The molecule has 1 fully saturated rings. The van der Waals surface area contributed by atoms with Gasteiger partial charge < -0.3 is 5.32 Å². The second-order valence-corrected chi connectivity index (χ2v) is 6.32. The number of nitrogens with zero attached hydrogens (tertiary/aromatic N) is 1. The van der Waals surface area contributed by atoms with E-state index in [2.05, 4.69) is 31.0 Å². The Morgan fingerprint density at radius 2 is 2.21 bits per heavy atom. The van der Waals surface area contributed by atoms with Crippen LogP contribution < -0.4 is 5.32 Å². The first-order chi connectivity index (χ1) is 8.93. The maximum atomic E-state index is 13.5. The molecule has 1 atom stereocenters. The van der Waals surface area contributed by atoms with Gasteiger partial charge in [0.1, 0.15) is 5.82 Å². The third kappa shape index (κ3) is 3.47. The van der Waals surface area contributed by atoms with Gasteiger partial charge in [-0.15, -0.1) is 0 Å². The highest BCUT2D eigenvalue weighted by atomic mass is 35.5. The van der Waals surface area contributed by atoms with Crippen molar-refractivity contribution in [3.05, 3.63) is 34.6 Å². The maximum absolute atomic E-state index is 13.5. The van der Waals surface area contributed by atoms with Crippen LogP contribution in [-0.2, 0) is 6.54 Å². The Morgan fingerprint density at radius 1 is 1.47 bits per heavy atom. The molecule has 1 aliphatic rings. The SMILES string of the molecule is CCC1CNC(C)(C)CN1Cc1cccc(F)c1Cl. The molecular formula is C15H22ClFN2. The summed E-state index contributed by atoms with van der Waals surface area (Å²) in [7, 11) is 0. The molecule has 1 aliphatic heterocycles. The van der Waals surface area contributed by atoms with Gasteiger partial charge in [-0.3, -0.25) is 4.90 Å². The summed E-state index contributed by atoms with van der Waals surface area (Å²) >= 11 is 6.06. The fourth-order valence-corrected chi connectivity index (χ4v) is 2.88. The number of halogens is 2. The zero-order valence-electron chi connectivity index (χ0n) is 11.8. The average Bonchev–Trinajstić information content (AvgIpc) is 2.34. The molecule has 106 valence electrons. The van der Waals surface area contributed by atoms with Crippen LogP contribution in [0.25, 0.3) is 0 Å². The van der Waals surface area contributed by atoms with E-state index in [1.165, 1.54) is 6.07 Å². The fourth-order valence-electron chi connectivity index (χ4n) is 2.69. The van der Waals surface area contributed by atoms with Crippen LogP contribution >= 0.6 is 11.6 Å². The Morgan fingerprint density at radius 3 is 2.89 bits per heavy atom. The molecule has 2 rings (SSSR count). The lowest BCUT2D eigenvalue weighted by Gasteiger charge is -2.44. The zero-order chi connectivity index (χ0) is 14.0. The summed E-state index contributed by atoms with van der Waals surface area (Å²) < 4.78 is 13.5. The highest BCUT2D eigenvalue weighted by Gasteiger charge is 2.31. The summed E-state index contributed by atoms with van der Waals surface area (Å²) in [6.45, 7) is 9.19. The highest BCUT2D eigenvalue weighted by Crippen LogP contribution is 2.25. The normalized spacial score (nSPS) is 23.5. The topological polar surface area (TPSA) is 15.3 Å². The minimum atomic E-state index is -0.332. The van der Waals surface area contributed by atoms with Gasteiger partial charge in [-0.05, 0) is 31.9 Å². The largest absolute Gasteiger partial charge is 0.309 e. The Hall–Kier alpha value is -0.640. The summed E-state index contributed by atoms with van der Waals surface area (Å²) in [5.74, 6) is -0.332. The van der Waals surface area contributed by atoms with E-state index in [4.69, 9.17) is 11.6 Å². The second kappa shape index (κ2) is 5.78. The van der Waals surface area contributed by atoms with Gasteiger partial charge >= 0.3 is 0 Å². The van der Waals surface area contributed by atoms with Crippen LogP contribution in [-0.4, -0.2) is 29.6 Å². The summed E-state index contributed by atoms with van der Waals surface area (Å²) in [4.78, 5) is 2.40. The lowest BCUT2D eigenvalue weighted by molar-refractivity contribution is 0.0858. The Labute approximate surface area is 119 Å². The molecule has 1 aromatic rings. The first-order valence-corrected chi connectivity index (χ1v) is 7.22. The van der Waals surface area contributed by atoms with Gasteiger partial charge in [0.05, 0.1) is 5.02 Å². The molecular weight excluding hydrogens is 263 g/mol. The maximum Gasteiger partial charge on any atom is 0.142 e. The second-order valence-electron chi connectivity index (χ2n) is 5.94. The van der Waals surface area contributed by atoms with E-state index in [9.17, 15) is 4.39 Å². The predicted molar refractivity (Wildman–Crippen MR) is 78.0 cm³/mol. The number of rotatable bonds is 3. The molecule has 1 saturated heterocycles. The lowest BCUT2D eigenvalue weighted by atomic mass is 9.97. The van der Waals surface area contributed by atoms with Gasteiger partial charge in [0, 0.05) is 31.2 Å². The van der Waals surface area contributed by atoms with Gasteiger partial charge in [0.25, 0.3) is 0 Å². The van der Waals surface area contributed by atoms with Crippen molar-refractivity contribution >= 4 is 11.6 Å². The summed E-state index contributed by atoms with van der Waals surface area (Å²) in [6, 6.07) is 5.52. The molecule has 1 aromatic carbocycles. The van der Waals surface area contributed by atoms with Crippen molar-refractivity contribution in [3.63, 3.8) is 0 Å². The van der Waals surface area contributed by atoms with Crippen molar-refractivity contribution in [3.8, 4) is 0 Å². The quantitative estimate of drug-likeness (QED) is 0.915. The highest BCUT2D eigenvalue weighted by molar-refractivity contribution is 6.31. The van der Waals surface area contributed by atoms with E-state index in [1.807, 2.05) is 6.07 Å². The first kappa shape index (κ1) is 14.8. The van der Waals surface area contributed by atoms with Crippen LogP contribution in [0.15, 0.2) is 18.2 Å². The molecule has 0 radical (unpaired) electrons. The molecule has 19 heavy (non-hydrogen) atoms. The number of hydrogen-bond donors (Lipinski definition) is 1. The molecule has 0 amide bonds. The molecule has 0 bridgehead atoms. The molecule has 0 aromatic heterocycles. The number of piperazine rings is 1. The smallest absolute Gasteiger partial charge is 0.142 e. The zero-order valence-corrected chi connectivity index (χ0v) is 12.6. The third-order valence-corrected chi connectivity index (χ3v) is 4.23. The van der Waals surface area contributed by atoms with Crippen LogP contribution in [0.5, 0.6) is 0 Å². The van der Waals surface area contributed by atoms with Crippen molar-refractivity contribution < 1.29 is 4.39 Å². The Bertz CT molecular complexity index is 448. The molecule has 2 nitrogen and oxygen atoms in total. The summed E-state index contributed by atoms with van der Waals surface area (Å²) in [5, 5.41) is 3.81. The van der Waals surface area contributed by atoms with E-state index in [0.29, 0.717) is 12.6 Å². The number of nitrogens with one attached hydrogen (secondary N) is 1. The third-order valence-electron chi connectivity index (χ3n) is 3.81. The molecule has 0 aliphatic carbocycles. The first-order valence-electron chi connectivity index (χ1n) is 6.85. The minimum absolute atomic E-state index is 0.0888. The van der Waals surface area contributed by atoms with Crippen LogP contribution in [0.3, 0.4) is 0 Å². The van der Waals surface area contributed by atoms with E-state index in [0.717, 1.165) is 25.1 Å². The van der Waals surface area contributed by atoms with Gasteiger partial charge in [-0.25, -0.2) is 4.39 Å². The van der Waals surface area contributed by atoms with Crippen molar-refractivity contribution in [2.45, 2.75) is 45.3 Å². The van der Waals surface area contributed by atoms with Crippen molar-refractivity contribution in [1.82, 2.24) is 10.2 Å². The van der Waals surface area contributed by atoms with Crippen LogP contribution in [0, 0.1) is 5.82 Å². The van der Waals surface area contributed by atoms with E-state index in [1.54, 1.807) is 6.07 Å². The van der Waals surface area contributed by atoms with Crippen molar-refractivity contribution in [2.75, 3.05) is 13.1 Å². The number of benzene rings is 1. The minimum Gasteiger partial charge on any atom is -0.309 e. The molecule has 1 N–H and O–H groups in total. The van der Waals surface area contributed by atoms with Crippen molar-refractivity contribution in [2.24, 2.45) is 0 Å². The van der Waals surface area contributed by atoms with Gasteiger partial charge in [-0.2, -0.15) is 0 Å². The fraction of sp³-hybridized carbons (Fsp3) is 0.600. The van der Waals surface area contributed by atoms with Gasteiger partial charge in [0.2, 0.25) is 0 Å². The molecule has 0 spiro atoms. The molecule has 1 unspecified atom stereocenters. The van der Waals surface area contributed by atoms with E-state index in [-0.39, 0.29) is 16.4 Å². The van der Waals surface area contributed by atoms with Crippen molar-refractivity contribution in [1.29, 1.82) is 0 Å². The monoisotopic (exact) mass is 284 g/mol. The lowest BCUT2D eigenvalue weighted by Crippen LogP contribution is -2.61. The van der Waals surface area contributed by atoms with Gasteiger partial charge in [-0.1, -0.05) is 30.7 Å². The van der Waals surface area contributed by atoms with Crippen LogP contribution in [0.4, 0.5) is 4.39 Å². The summed E-state index contributed by atoms with van der Waals surface area (Å²) in [5.41, 5.74) is 0.962.